The quantitative estimate of drug-likeness (QED) is 0.551. The highest BCUT2D eigenvalue weighted by Crippen LogP contribution is 2.33. The molecule has 0 atom stereocenters. The monoisotopic (exact) mass is 406 g/mol. The van der Waals surface area contributed by atoms with Gasteiger partial charge in [0.1, 0.15) is 13.2 Å². The van der Waals surface area contributed by atoms with E-state index in [0.29, 0.717) is 37.8 Å². The second kappa shape index (κ2) is 7.24. The topological polar surface area (TPSA) is 115 Å². The number of rotatable bonds is 4. The molecule has 0 unspecified atom stereocenters. The van der Waals surface area contributed by atoms with E-state index in [9.17, 15) is 18.5 Å². The van der Waals surface area contributed by atoms with Crippen LogP contribution in [0.3, 0.4) is 0 Å². The smallest absolute Gasteiger partial charge is 0.311 e. The highest BCUT2D eigenvalue weighted by molar-refractivity contribution is 7.89. The van der Waals surface area contributed by atoms with Gasteiger partial charge in [0, 0.05) is 44.5 Å². The molecule has 1 aromatic heterocycles. The van der Waals surface area contributed by atoms with Gasteiger partial charge in [0.2, 0.25) is 15.8 Å². The largest absolute Gasteiger partial charge is 0.486 e. The molecule has 11 heteroatoms. The Bertz CT molecular complexity index is 1000. The van der Waals surface area contributed by atoms with Gasteiger partial charge >= 0.3 is 5.69 Å². The standard InChI is InChI=1S/C17H18N4O6S/c22-21(23)14-2-1-5-18-17(14)19-6-8-20(9-7-19)28(24,25)13-3-4-15-16(12-13)27-11-10-26-15/h1-5,12H,6-11H2. The Balaban J connectivity index is 1.51. The van der Waals surface area contributed by atoms with Crippen LogP contribution in [0.4, 0.5) is 11.5 Å². The summed E-state index contributed by atoms with van der Waals surface area (Å²) >= 11 is 0. The first-order chi connectivity index (χ1) is 13.5. The minimum Gasteiger partial charge on any atom is -0.486 e. The van der Waals surface area contributed by atoms with Crippen LogP contribution in [0.15, 0.2) is 41.4 Å². The van der Waals surface area contributed by atoms with Gasteiger partial charge in [-0.15, -0.1) is 0 Å². The lowest BCUT2D eigenvalue weighted by Crippen LogP contribution is -2.49. The number of aromatic nitrogens is 1. The van der Waals surface area contributed by atoms with E-state index in [4.69, 9.17) is 9.47 Å². The van der Waals surface area contributed by atoms with Gasteiger partial charge in [-0.3, -0.25) is 10.1 Å². The lowest BCUT2D eigenvalue weighted by atomic mass is 10.3. The molecule has 0 bridgehead atoms. The number of pyridine rings is 1. The number of fused-ring (bicyclic) bond motifs is 1. The predicted molar refractivity (Wildman–Crippen MR) is 99.3 cm³/mol. The van der Waals surface area contributed by atoms with E-state index in [1.165, 1.54) is 34.8 Å². The van der Waals surface area contributed by atoms with Crippen LogP contribution in [0.5, 0.6) is 11.5 Å². The zero-order valence-electron chi connectivity index (χ0n) is 14.9. The summed E-state index contributed by atoms with van der Waals surface area (Å²) in [5.74, 6) is 1.19. The average molecular weight is 406 g/mol. The highest BCUT2D eigenvalue weighted by Gasteiger charge is 2.32. The molecule has 1 fully saturated rings. The van der Waals surface area contributed by atoms with Crippen LogP contribution >= 0.6 is 0 Å². The molecule has 2 aliphatic rings. The second-order valence-corrected chi connectivity index (χ2v) is 8.24. The first-order valence-electron chi connectivity index (χ1n) is 8.71. The van der Waals surface area contributed by atoms with E-state index in [1.807, 2.05) is 0 Å². The number of benzene rings is 1. The molecule has 0 spiro atoms. The van der Waals surface area contributed by atoms with Crippen LogP contribution < -0.4 is 14.4 Å². The summed E-state index contributed by atoms with van der Waals surface area (Å²) in [7, 11) is -3.71. The summed E-state index contributed by atoms with van der Waals surface area (Å²) in [4.78, 5) is 16.7. The Hall–Kier alpha value is -2.92. The van der Waals surface area contributed by atoms with Gasteiger partial charge in [-0.25, -0.2) is 13.4 Å². The lowest BCUT2D eigenvalue weighted by Gasteiger charge is -2.34. The molecule has 148 valence electrons. The average Bonchev–Trinajstić information content (AvgIpc) is 2.73. The molecule has 0 N–H and O–H groups in total. The van der Waals surface area contributed by atoms with Crippen molar-refractivity contribution in [3.63, 3.8) is 0 Å². The van der Waals surface area contributed by atoms with Crippen molar-refractivity contribution in [2.75, 3.05) is 44.3 Å². The maximum absolute atomic E-state index is 13.0. The maximum atomic E-state index is 13.0. The number of sulfonamides is 1. The maximum Gasteiger partial charge on any atom is 0.311 e. The third-order valence-corrected chi connectivity index (χ3v) is 6.55. The molecule has 1 saturated heterocycles. The fourth-order valence-electron chi connectivity index (χ4n) is 3.25. The van der Waals surface area contributed by atoms with Gasteiger partial charge in [-0.05, 0) is 18.2 Å². The first kappa shape index (κ1) is 18.4. The summed E-state index contributed by atoms with van der Waals surface area (Å²) in [5.41, 5.74) is -0.0920. The summed E-state index contributed by atoms with van der Waals surface area (Å²) in [6, 6.07) is 7.46. The van der Waals surface area contributed by atoms with E-state index in [-0.39, 0.29) is 29.5 Å². The van der Waals surface area contributed by atoms with E-state index in [0.717, 1.165) is 0 Å². The Morgan fingerprint density at radius 3 is 2.46 bits per heavy atom. The molecule has 10 nitrogen and oxygen atoms in total. The minimum atomic E-state index is -3.71. The number of nitrogens with zero attached hydrogens (tertiary/aromatic N) is 4. The summed E-state index contributed by atoms with van der Waals surface area (Å²) in [5, 5.41) is 11.2. The van der Waals surface area contributed by atoms with Crippen LogP contribution in [0.1, 0.15) is 0 Å². The SMILES string of the molecule is O=[N+]([O-])c1cccnc1N1CCN(S(=O)(=O)c2ccc3c(c2)OCCO3)CC1. The van der Waals surface area contributed by atoms with Crippen molar-refractivity contribution in [2.24, 2.45) is 0 Å². The normalized spacial score (nSPS) is 17.4. The van der Waals surface area contributed by atoms with Gasteiger partial charge < -0.3 is 14.4 Å². The fraction of sp³-hybridized carbons (Fsp3) is 0.353. The molecule has 28 heavy (non-hydrogen) atoms. The number of anilines is 1. The molecule has 0 saturated carbocycles. The Kier molecular flexibility index (Phi) is 4.77. The van der Waals surface area contributed by atoms with Crippen LogP contribution in [0.2, 0.25) is 0 Å². The van der Waals surface area contributed by atoms with Crippen molar-refractivity contribution in [3.8, 4) is 11.5 Å². The third kappa shape index (κ3) is 3.34. The van der Waals surface area contributed by atoms with Crippen molar-refractivity contribution in [1.82, 2.24) is 9.29 Å². The summed E-state index contributed by atoms with van der Waals surface area (Å²) < 4.78 is 38.2. The van der Waals surface area contributed by atoms with Crippen LogP contribution in [-0.2, 0) is 10.0 Å². The Morgan fingerprint density at radius 2 is 1.75 bits per heavy atom. The molecule has 3 heterocycles. The van der Waals surface area contributed by atoms with Crippen LogP contribution in [0, 0.1) is 10.1 Å². The third-order valence-electron chi connectivity index (χ3n) is 4.65. The Labute approximate surface area is 161 Å². The van der Waals surface area contributed by atoms with Gasteiger partial charge in [0.15, 0.2) is 11.5 Å². The Morgan fingerprint density at radius 1 is 1.04 bits per heavy atom. The number of piperazine rings is 1. The first-order valence-corrected chi connectivity index (χ1v) is 10.1. The van der Waals surface area contributed by atoms with E-state index in [1.54, 1.807) is 11.0 Å². The van der Waals surface area contributed by atoms with Gasteiger partial charge in [-0.2, -0.15) is 4.31 Å². The van der Waals surface area contributed by atoms with Crippen LogP contribution in [-0.4, -0.2) is 62.0 Å². The molecule has 0 radical (unpaired) electrons. The van der Waals surface area contributed by atoms with Crippen molar-refractivity contribution in [3.05, 3.63) is 46.6 Å². The van der Waals surface area contributed by atoms with Gasteiger partial charge in [-0.1, -0.05) is 0 Å². The van der Waals surface area contributed by atoms with Gasteiger partial charge in [0.25, 0.3) is 0 Å². The van der Waals surface area contributed by atoms with Crippen molar-refractivity contribution >= 4 is 21.5 Å². The molecular weight excluding hydrogens is 388 g/mol. The molecule has 2 aliphatic heterocycles. The van der Waals surface area contributed by atoms with E-state index in [2.05, 4.69) is 4.98 Å². The number of nitro groups is 1. The number of ether oxygens (including phenoxy) is 2. The van der Waals surface area contributed by atoms with E-state index >= 15 is 0 Å². The highest BCUT2D eigenvalue weighted by atomic mass is 32.2. The van der Waals surface area contributed by atoms with Crippen molar-refractivity contribution in [2.45, 2.75) is 4.90 Å². The van der Waals surface area contributed by atoms with E-state index < -0.39 is 14.9 Å². The second-order valence-electron chi connectivity index (χ2n) is 6.30. The van der Waals surface area contributed by atoms with Crippen molar-refractivity contribution < 1.29 is 22.8 Å². The molecule has 1 aromatic carbocycles. The predicted octanol–water partition coefficient (Wildman–Crippen LogP) is 1.27. The fourth-order valence-corrected chi connectivity index (χ4v) is 4.69. The molecule has 2 aromatic rings. The molecule has 0 amide bonds. The van der Waals surface area contributed by atoms with Crippen molar-refractivity contribution in [1.29, 1.82) is 0 Å². The zero-order valence-corrected chi connectivity index (χ0v) is 15.7. The summed E-state index contributed by atoms with van der Waals surface area (Å²) in [6.45, 7) is 1.82. The lowest BCUT2D eigenvalue weighted by molar-refractivity contribution is -0.384. The minimum absolute atomic E-state index is 0.0920. The summed E-state index contributed by atoms with van der Waals surface area (Å²) in [6.07, 6.45) is 1.49. The number of hydrogen-bond donors (Lipinski definition) is 0. The number of hydrogen-bond acceptors (Lipinski definition) is 8. The molecule has 0 aliphatic carbocycles. The molecule has 4 rings (SSSR count). The molecular formula is C17H18N4O6S. The van der Waals surface area contributed by atoms with Gasteiger partial charge in [0.05, 0.1) is 9.82 Å². The van der Waals surface area contributed by atoms with Crippen LogP contribution in [0.25, 0.3) is 0 Å². The zero-order chi connectivity index (χ0) is 19.7.